The second kappa shape index (κ2) is 20.9. The van der Waals surface area contributed by atoms with E-state index in [2.05, 4.69) is 17.0 Å². The van der Waals surface area contributed by atoms with Gasteiger partial charge in [0.1, 0.15) is 29.5 Å². The number of hydrogen-bond acceptors (Lipinski definition) is 9. The molecule has 1 unspecified atom stereocenters. The first-order chi connectivity index (χ1) is 25.7. The number of allylic oxidation sites excluding steroid dienone is 1. The van der Waals surface area contributed by atoms with Gasteiger partial charge in [-0.2, -0.15) is 5.10 Å². The van der Waals surface area contributed by atoms with Crippen LogP contribution in [0.2, 0.25) is 5.02 Å². The lowest BCUT2D eigenvalue weighted by Gasteiger charge is -2.24. The summed E-state index contributed by atoms with van der Waals surface area (Å²) in [5.41, 5.74) is 8.57. The average Bonchev–Trinajstić information content (AvgIpc) is 3.80. The fourth-order valence-electron chi connectivity index (χ4n) is 7.37. The maximum atomic E-state index is 14.2. The van der Waals surface area contributed by atoms with E-state index in [-0.39, 0.29) is 24.9 Å². The topological polar surface area (TPSA) is 119 Å². The zero-order chi connectivity index (χ0) is 37.5. The van der Waals surface area contributed by atoms with Gasteiger partial charge in [-0.05, 0) is 37.1 Å². The number of nitrogen functional groups attached to an aromatic ring is 1. The van der Waals surface area contributed by atoms with Crippen molar-refractivity contribution < 1.29 is 27.6 Å². The molecular weight excluding hydrogens is 711 g/mol. The molecule has 1 aliphatic heterocycles. The van der Waals surface area contributed by atoms with E-state index in [9.17, 15) is 4.57 Å². The van der Waals surface area contributed by atoms with Gasteiger partial charge in [0, 0.05) is 25.3 Å². The van der Waals surface area contributed by atoms with E-state index in [0.29, 0.717) is 28.5 Å². The fraction of sp³-hybridized carbons (Fsp3) is 0.659. The number of ether oxygens (including phenoxy) is 2. The predicted molar refractivity (Wildman–Crippen MR) is 213 cm³/mol. The molecule has 1 saturated heterocycles. The molecule has 0 saturated carbocycles. The molecule has 0 bridgehead atoms. The zero-order valence-corrected chi connectivity index (χ0v) is 33.9. The van der Waals surface area contributed by atoms with Crippen LogP contribution < -0.4 is 10.3 Å². The Morgan fingerprint density at radius 1 is 0.868 bits per heavy atom. The average molecular weight is 773 g/mol. The third-order valence-electron chi connectivity index (χ3n) is 10.2. The third-order valence-corrected chi connectivity index (χ3v) is 11.9. The monoisotopic (exact) mass is 772 g/mol. The molecule has 2 aliphatic rings. The van der Waals surface area contributed by atoms with Crippen LogP contribution in [0, 0.1) is 5.92 Å². The van der Waals surface area contributed by atoms with Gasteiger partial charge in [0.2, 0.25) is 5.79 Å². The summed E-state index contributed by atoms with van der Waals surface area (Å²) in [7, 11) is -4.05. The Labute approximate surface area is 322 Å². The molecule has 0 amide bonds. The van der Waals surface area contributed by atoms with Crippen molar-refractivity contribution in [2.24, 2.45) is 5.92 Å². The highest BCUT2D eigenvalue weighted by Crippen LogP contribution is 2.54. The Balaban J connectivity index is 1.04. The van der Waals surface area contributed by atoms with E-state index in [1.54, 1.807) is 28.8 Å². The van der Waals surface area contributed by atoms with E-state index in [4.69, 9.17) is 40.4 Å². The Bertz CT molecular complexity index is 1650. The van der Waals surface area contributed by atoms with Crippen LogP contribution in [0.1, 0.15) is 148 Å². The summed E-state index contributed by atoms with van der Waals surface area (Å²) in [6.45, 7) is 6.34. The molecule has 10 nitrogen and oxygen atoms in total. The molecule has 53 heavy (non-hydrogen) atoms. The van der Waals surface area contributed by atoms with Crippen molar-refractivity contribution in [2.75, 3.05) is 18.9 Å². The summed E-state index contributed by atoms with van der Waals surface area (Å²) >= 11 is 6.39. The van der Waals surface area contributed by atoms with Crippen molar-refractivity contribution >= 4 is 36.3 Å². The first-order valence-electron chi connectivity index (χ1n) is 20.2. The molecule has 294 valence electrons. The molecule has 3 aromatic rings. The van der Waals surface area contributed by atoms with Crippen molar-refractivity contribution in [3.05, 3.63) is 59.2 Å². The number of benzene rings is 1. The smallest absolute Gasteiger partial charge is 0.464 e. The van der Waals surface area contributed by atoms with Crippen molar-refractivity contribution in [1.82, 2.24) is 14.6 Å². The van der Waals surface area contributed by atoms with E-state index in [0.717, 1.165) is 30.5 Å². The summed E-state index contributed by atoms with van der Waals surface area (Å²) in [5, 5.41) is 4.76. The van der Waals surface area contributed by atoms with Crippen LogP contribution in [0.4, 0.5) is 5.82 Å². The van der Waals surface area contributed by atoms with Gasteiger partial charge in [-0.15, -0.1) is 0 Å². The SMILES string of the molecule is CCCCCCCCCCCCCCCCCCCCOP(=O)(OC[C@H]1CC(c2ccc3c(N)ncnn23)=C2OC(C)(C)O[C@@H]21)Oc1ccccc1Cl. The zero-order valence-electron chi connectivity index (χ0n) is 32.2. The van der Waals surface area contributed by atoms with Gasteiger partial charge in [0.05, 0.1) is 23.9 Å². The lowest BCUT2D eigenvalue weighted by molar-refractivity contribution is -0.143. The Kier molecular flexibility index (Phi) is 16.4. The van der Waals surface area contributed by atoms with E-state index in [1.807, 2.05) is 26.0 Å². The molecule has 3 atom stereocenters. The number of phosphoric ester groups is 1. The van der Waals surface area contributed by atoms with Crippen molar-refractivity contribution in [2.45, 2.75) is 155 Å². The normalized spacial score (nSPS) is 19.1. The first kappa shape index (κ1) is 41.5. The summed E-state index contributed by atoms with van der Waals surface area (Å²) < 4.78 is 46.5. The van der Waals surface area contributed by atoms with Gasteiger partial charge in [0.25, 0.3) is 0 Å². The number of nitrogens with zero attached hydrogens (tertiary/aromatic N) is 3. The number of rotatable bonds is 26. The van der Waals surface area contributed by atoms with E-state index in [1.165, 1.54) is 103 Å². The van der Waals surface area contributed by atoms with Crippen molar-refractivity contribution in [3.63, 3.8) is 0 Å². The second-order valence-corrected chi connectivity index (χ2v) is 17.1. The number of aromatic nitrogens is 3. The standard InChI is InChI=1S/C41H62ClN4O6P/c1-4-5-6-7-8-9-10-11-12-13-14-15-16-17-18-19-20-23-28-48-53(47,52-37-25-22-21-24-34(37)42)49-30-32-29-33(39-38(32)50-41(2,3)51-39)35-26-27-36-40(43)44-31-45-46(35)36/h21-22,24-27,31-32,38H,4-20,23,28-30H2,1-3H3,(H2,43,44,45)/t32-,38-,53?/m1/s1. The number of phosphoric acid groups is 1. The minimum atomic E-state index is -4.05. The Hall–Kier alpha value is -2.62. The van der Waals surface area contributed by atoms with Gasteiger partial charge in [-0.25, -0.2) is 14.1 Å². The quantitative estimate of drug-likeness (QED) is 0.0628. The number of fused-ring (bicyclic) bond motifs is 2. The van der Waals surface area contributed by atoms with Crippen LogP contribution in [-0.4, -0.2) is 39.7 Å². The van der Waals surface area contributed by atoms with Gasteiger partial charge in [-0.3, -0.25) is 9.05 Å². The number of nitrogens with two attached hydrogens (primary N) is 1. The number of para-hydroxylation sites is 1. The molecule has 2 aromatic heterocycles. The lowest BCUT2D eigenvalue weighted by Crippen LogP contribution is -2.27. The highest BCUT2D eigenvalue weighted by molar-refractivity contribution is 7.48. The van der Waals surface area contributed by atoms with Crippen molar-refractivity contribution in [1.29, 1.82) is 0 Å². The maximum Gasteiger partial charge on any atom is 0.530 e. The summed E-state index contributed by atoms with van der Waals surface area (Å²) in [4.78, 5) is 4.11. The molecule has 1 fully saturated rings. The highest BCUT2D eigenvalue weighted by atomic mass is 35.5. The number of anilines is 1. The van der Waals surface area contributed by atoms with Gasteiger partial charge in [-0.1, -0.05) is 140 Å². The molecule has 3 heterocycles. The lowest BCUT2D eigenvalue weighted by atomic mass is 10.0. The number of hydrogen-bond donors (Lipinski definition) is 1. The number of unbranched alkanes of at least 4 members (excludes halogenated alkanes) is 17. The molecule has 12 heteroatoms. The minimum Gasteiger partial charge on any atom is -0.464 e. The molecule has 5 rings (SSSR count). The number of halogens is 1. The molecule has 1 aliphatic carbocycles. The maximum absolute atomic E-state index is 14.2. The summed E-state index contributed by atoms with van der Waals surface area (Å²) in [6, 6.07) is 10.7. The van der Waals surface area contributed by atoms with Crippen LogP contribution in [0.5, 0.6) is 5.75 Å². The van der Waals surface area contributed by atoms with Crippen LogP contribution in [0.25, 0.3) is 11.1 Å². The molecule has 0 radical (unpaired) electrons. The summed E-state index contributed by atoms with van der Waals surface area (Å²) in [6.07, 6.45) is 24.9. The van der Waals surface area contributed by atoms with Gasteiger partial charge in [0.15, 0.2) is 5.82 Å². The largest absolute Gasteiger partial charge is 0.530 e. The molecule has 2 N–H and O–H groups in total. The molecule has 1 aromatic carbocycles. The van der Waals surface area contributed by atoms with E-state index >= 15 is 0 Å². The van der Waals surface area contributed by atoms with Gasteiger partial charge >= 0.3 is 7.82 Å². The van der Waals surface area contributed by atoms with Crippen molar-refractivity contribution in [3.8, 4) is 5.75 Å². The first-order valence-corrected chi connectivity index (χ1v) is 22.1. The second-order valence-electron chi connectivity index (χ2n) is 15.1. The van der Waals surface area contributed by atoms with Gasteiger partial charge < -0.3 is 19.7 Å². The van der Waals surface area contributed by atoms with Crippen LogP contribution in [0.3, 0.4) is 0 Å². The third kappa shape index (κ3) is 12.4. The highest BCUT2D eigenvalue weighted by Gasteiger charge is 2.49. The predicted octanol–water partition coefficient (Wildman–Crippen LogP) is 12.1. The Morgan fingerprint density at radius 3 is 2.09 bits per heavy atom. The molecule has 0 spiro atoms. The van der Waals surface area contributed by atoms with E-state index < -0.39 is 19.7 Å². The summed E-state index contributed by atoms with van der Waals surface area (Å²) in [5.74, 6) is 0.289. The molecular formula is C41H62ClN4O6P. The minimum absolute atomic E-state index is 0.0540. The van der Waals surface area contributed by atoms with Crippen LogP contribution in [-0.2, 0) is 23.1 Å². The van der Waals surface area contributed by atoms with Crippen LogP contribution >= 0.6 is 19.4 Å². The Morgan fingerprint density at radius 2 is 1.47 bits per heavy atom. The van der Waals surface area contributed by atoms with Crippen LogP contribution in [0.15, 0.2) is 48.5 Å². The fourth-order valence-corrected chi connectivity index (χ4v) is 8.91.